The van der Waals surface area contributed by atoms with Crippen molar-refractivity contribution in [3.63, 3.8) is 0 Å². The van der Waals surface area contributed by atoms with Gasteiger partial charge in [-0.1, -0.05) is 0 Å². The van der Waals surface area contributed by atoms with Gasteiger partial charge in [-0.25, -0.2) is 5.06 Å². The Labute approximate surface area is 120 Å². The van der Waals surface area contributed by atoms with Gasteiger partial charge < -0.3 is 9.47 Å². The quantitative estimate of drug-likeness (QED) is 0.474. The number of nitrogens with zero attached hydrogens (tertiary/aromatic N) is 2. The van der Waals surface area contributed by atoms with Crippen molar-refractivity contribution in [2.24, 2.45) is 0 Å². The van der Waals surface area contributed by atoms with E-state index in [1.165, 1.54) is 38.4 Å². The topological polar surface area (TPSA) is 91.1 Å². The minimum atomic E-state index is -0.505. The summed E-state index contributed by atoms with van der Waals surface area (Å²) in [6.45, 7) is 0.293. The number of benzene rings is 1. The smallest absolute Gasteiger partial charge is 0.270 e. The maximum atomic E-state index is 11.6. The fraction of sp³-hybridized carbons (Fsp3) is 0.308. The van der Waals surface area contributed by atoms with Crippen LogP contribution in [0, 0.1) is 10.1 Å². The van der Waals surface area contributed by atoms with E-state index in [4.69, 9.17) is 14.3 Å². The van der Waals surface area contributed by atoms with Gasteiger partial charge in [-0.05, 0) is 6.08 Å². The van der Waals surface area contributed by atoms with Crippen molar-refractivity contribution in [2.45, 2.75) is 6.61 Å². The molecule has 0 saturated heterocycles. The first-order valence-corrected chi connectivity index (χ1v) is 6.04. The highest BCUT2D eigenvalue weighted by Gasteiger charge is 2.20. The van der Waals surface area contributed by atoms with Crippen molar-refractivity contribution >= 4 is 17.7 Å². The number of fused-ring (bicyclic) bond motifs is 1. The zero-order valence-corrected chi connectivity index (χ0v) is 11.6. The Balaban J connectivity index is 2.37. The van der Waals surface area contributed by atoms with Crippen LogP contribution >= 0.6 is 0 Å². The van der Waals surface area contributed by atoms with E-state index in [1.807, 2.05) is 0 Å². The number of nitro groups is 1. The lowest BCUT2D eigenvalue weighted by atomic mass is 10.1. The molecule has 2 rings (SSSR count). The Bertz CT molecular complexity index is 599. The fourth-order valence-electron chi connectivity index (χ4n) is 1.82. The first-order chi connectivity index (χ1) is 10.0. The Morgan fingerprint density at radius 3 is 2.95 bits per heavy atom. The minimum Gasteiger partial charge on any atom is -0.467 e. The molecular formula is C13H14N2O6. The van der Waals surface area contributed by atoms with E-state index in [-0.39, 0.29) is 19.1 Å². The van der Waals surface area contributed by atoms with Gasteiger partial charge >= 0.3 is 0 Å². The van der Waals surface area contributed by atoms with E-state index in [0.717, 1.165) is 5.06 Å². The zero-order valence-electron chi connectivity index (χ0n) is 11.6. The van der Waals surface area contributed by atoms with Crippen LogP contribution in [0.15, 0.2) is 18.2 Å². The molecule has 112 valence electrons. The first kappa shape index (κ1) is 14.9. The molecule has 1 aliphatic rings. The number of carbonyl (C=O) groups is 1. The molecule has 1 heterocycles. The fourth-order valence-corrected chi connectivity index (χ4v) is 1.82. The zero-order chi connectivity index (χ0) is 15.4. The van der Waals surface area contributed by atoms with Crippen molar-refractivity contribution in [3.05, 3.63) is 39.4 Å². The number of carbonyl (C=O) groups excluding carboxylic acids is 1. The molecule has 0 saturated carbocycles. The van der Waals surface area contributed by atoms with Crippen molar-refractivity contribution in [3.8, 4) is 5.75 Å². The molecule has 0 spiro atoms. The molecule has 0 bridgehead atoms. The van der Waals surface area contributed by atoms with Gasteiger partial charge in [0.05, 0.1) is 18.6 Å². The van der Waals surface area contributed by atoms with Crippen LogP contribution < -0.4 is 4.74 Å². The van der Waals surface area contributed by atoms with Gasteiger partial charge in [0.1, 0.15) is 5.75 Å². The number of hydroxylamine groups is 2. The van der Waals surface area contributed by atoms with Crippen molar-refractivity contribution in [2.75, 3.05) is 21.0 Å². The standard InChI is InChI=1S/C13H14N2O6/c1-14(19-2)12(16)4-3-9-5-11(15(17)18)6-10-7-20-8-21-13(9)10/h3-6H,7-8H2,1-2H3. The summed E-state index contributed by atoms with van der Waals surface area (Å²) >= 11 is 0. The summed E-state index contributed by atoms with van der Waals surface area (Å²) in [6.07, 6.45) is 2.71. The third-order valence-electron chi connectivity index (χ3n) is 2.92. The SMILES string of the molecule is CON(C)C(=O)C=Cc1cc([N+](=O)[O-])cc2c1OCOC2. The van der Waals surface area contributed by atoms with Crippen LogP contribution in [0.5, 0.6) is 5.75 Å². The Morgan fingerprint density at radius 1 is 1.52 bits per heavy atom. The van der Waals surface area contributed by atoms with E-state index in [2.05, 4.69) is 0 Å². The van der Waals surface area contributed by atoms with Crippen LogP contribution in [0.2, 0.25) is 0 Å². The van der Waals surface area contributed by atoms with Gasteiger partial charge in [0.2, 0.25) is 0 Å². The number of hydrogen-bond donors (Lipinski definition) is 0. The van der Waals surface area contributed by atoms with Gasteiger partial charge in [0, 0.05) is 36.4 Å². The highest BCUT2D eigenvalue weighted by Crippen LogP contribution is 2.33. The molecule has 0 aromatic heterocycles. The third kappa shape index (κ3) is 3.36. The van der Waals surface area contributed by atoms with E-state index in [1.54, 1.807) is 0 Å². The molecule has 0 atom stereocenters. The van der Waals surface area contributed by atoms with Crippen LogP contribution in [0.1, 0.15) is 11.1 Å². The molecule has 0 unspecified atom stereocenters. The second-order valence-electron chi connectivity index (χ2n) is 4.24. The summed E-state index contributed by atoms with van der Waals surface area (Å²) in [6, 6.07) is 2.75. The average Bonchev–Trinajstić information content (AvgIpc) is 2.50. The number of rotatable bonds is 4. The molecule has 1 amide bonds. The van der Waals surface area contributed by atoms with Gasteiger partial charge in [-0.3, -0.25) is 19.7 Å². The summed E-state index contributed by atoms with van der Waals surface area (Å²) < 4.78 is 10.5. The van der Waals surface area contributed by atoms with Crippen LogP contribution in [0.4, 0.5) is 5.69 Å². The molecule has 0 aliphatic carbocycles. The van der Waals surface area contributed by atoms with E-state index < -0.39 is 10.8 Å². The number of hydrogen-bond acceptors (Lipinski definition) is 6. The van der Waals surface area contributed by atoms with E-state index in [9.17, 15) is 14.9 Å². The number of non-ortho nitro benzene ring substituents is 1. The van der Waals surface area contributed by atoms with Crippen molar-refractivity contribution < 1.29 is 24.0 Å². The van der Waals surface area contributed by atoms with Crippen molar-refractivity contribution in [1.82, 2.24) is 5.06 Å². The highest BCUT2D eigenvalue weighted by atomic mass is 16.7. The molecule has 0 radical (unpaired) electrons. The molecular weight excluding hydrogens is 280 g/mol. The minimum absolute atomic E-state index is 0.0670. The summed E-state index contributed by atoms with van der Waals surface area (Å²) in [5, 5.41) is 12.0. The Morgan fingerprint density at radius 2 is 2.29 bits per heavy atom. The Hall–Kier alpha value is -2.45. The average molecular weight is 294 g/mol. The molecule has 1 aliphatic heterocycles. The molecule has 8 nitrogen and oxygen atoms in total. The number of ether oxygens (including phenoxy) is 2. The van der Waals surface area contributed by atoms with Crippen LogP contribution in [-0.2, 0) is 21.0 Å². The van der Waals surface area contributed by atoms with Crippen molar-refractivity contribution in [1.29, 1.82) is 0 Å². The summed E-state index contributed by atoms with van der Waals surface area (Å²) in [4.78, 5) is 26.8. The third-order valence-corrected chi connectivity index (χ3v) is 2.92. The monoisotopic (exact) mass is 294 g/mol. The highest BCUT2D eigenvalue weighted by molar-refractivity contribution is 5.91. The lowest BCUT2D eigenvalue weighted by molar-refractivity contribution is -0.385. The number of amides is 1. The second kappa shape index (κ2) is 6.33. The molecule has 8 heteroatoms. The Kier molecular flexibility index (Phi) is 4.51. The second-order valence-corrected chi connectivity index (χ2v) is 4.24. The number of nitro benzene ring substituents is 1. The predicted octanol–water partition coefficient (Wildman–Crippen LogP) is 1.49. The number of likely N-dealkylation sites (N-methyl/N-ethyl adjacent to an activating group) is 1. The van der Waals surface area contributed by atoms with Gasteiger partial charge in [0.25, 0.3) is 11.6 Å². The van der Waals surface area contributed by atoms with Gasteiger partial charge in [-0.15, -0.1) is 0 Å². The lowest BCUT2D eigenvalue weighted by Crippen LogP contribution is -2.23. The summed E-state index contributed by atoms with van der Waals surface area (Å²) in [5.74, 6) is 0.0841. The summed E-state index contributed by atoms with van der Waals surface area (Å²) in [5.41, 5.74) is 0.929. The van der Waals surface area contributed by atoms with Gasteiger partial charge in [0.15, 0.2) is 6.79 Å². The molecule has 21 heavy (non-hydrogen) atoms. The maximum Gasteiger partial charge on any atom is 0.270 e. The van der Waals surface area contributed by atoms with Crippen LogP contribution in [-0.4, -0.2) is 36.8 Å². The van der Waals surface area contributed by atoms with E-state index >= 15 is 0 Å². The largest absolute Gasteiger partial charge is 0.467 e. The predicted molar refractivity (Wildman–Crippen MR) is 72.2 cm³/mol. The van der Waals surface area contributed by atoms with Gasteiger partial charge in [-0.2, -0.15) is 0 Å². The van der Waals surface area contributed by atoms with Crippen LogP contribution in [0.25, 0.3) is 6.08 Å². The normalized spacial score (nSPS) is 13.6. The van der Waals surface area contributed by atoms with Crippen LogP contribution in [0.3, 0.4) is 0 Å². The molecule has 0 N–H and O–H groups in total. The maximum absolute atomic E-state index is 11.6. The van der Waals surface area contributed by atoms with E-state index in [0.29, 0.717) is 16.9 Å². The molecule has 1 aromatic carbocycles. The first-order valence-electron chi connectivity index (χ1n) is 6.04. The summed E-state index contributed by atoms with van der Waals surface area (Å²) in [7, 11) is 2.82. The lowest BCUT2D eigenvalue weighted by Gasteiger charge is -2.19. The molecule has 0 fully saturated rings. The molecule has 1 aromatic rings.